The molecule has 0 fully saturated rings. The molecule has 1 aliphatic heterocycles. The van der Waals surface area contributed by atoms with Gasteiger partial charge in [-0.25, -0.2) is 9.40 Å². The molecular formula is C23H19FN4O4S2. The monoisotopic (exact) mass is 498 g/mol. The first-order valence-electron chi connectivity index (χ1n) is 10.4. The van der Waals surface area contributed by atoms with Crippen molar-refractivity contribution >= 4 is 34.7 Å². The van der Waals surface area contributed by atoms with E-state index < -0.39 is 11.9 Å². The summed E-state index contributed by atoms with van der Waals surface area (Å²) < 4.78 is 30.6. The molecule has 11 heteroatoms. The van der Waals surface area contributed by atoms with E-state index in [0.717, 1.165) is 22.4 Å². The molecule has 0 bridgehead atoms. The highest BCUT2D eigenvalue weighted by atomic mass is 32.2. The molecule has 0 aliphatic carbocycles. The summed E-state index contributed by atoms with van der Waals surface area (Å²) in [5.41, 5.74) is 0.842. The fraction of sp³-hybridized carbons (Fsp3) is 0.217. The molecule has 0 unspecified atom stereocenters. The number of hydrogen-bond donors (Lipinski definition) is 0. The van der Waals surface area contributed by atoms with Crippen LogP contribution in [0.4, 0.5) is 4.39 Å². The lowest BCUT2D eigenvalue weighted by atomic mass is 10.1. The topological polar surface area (TPSA) is 94.0 Å². The number of rotatable bonds is 8. The summed E-state index contributed by atoms with van der Waals surface area (Å²) in [6.45, 7) is 1.68. The SMILES string of the molecule is C[C@H](Oc1ccccc1F)c1nnc(SCC(=O)N2N=C(c3cccs3)C[C@H]2c2ccco2)o1. The molecule has 34 heavy (non-hydrogen) atoms. The highest BCUT2D eigenvalue weighted by Gasteiger charge is 2.35. The number of halogens is 1. The summed E-state index contributed by atoms with van der Waals surface area (Å²) in [5.74, 6) is 0.304. The van der Waals surface area contributed by atoms with Gasteiger partial charge in [0.1, 0.15) is 11.8 Å². The van der Waals surface area contributed by atoms with Crippen molar-refractivity contribution < 1.29 is 22.8 Å². The van der Waals surface area contributed by atoms with Crippen molar-refractivity contribution in [3.63, 3.8) is 0 Å². The largest absolute Gasteiger partial charge is 0.478 e. The zero-order chi connectivity index (χ0) is 23.5. The molecule has 3 aromatic heterocycles. The quantitative estimate of drug-likeness (QED) is 0.297. The molecule has 2 atom stereocenters. The third-order valence-corrected chi connectivity index (χ3v) is 6.79. The van der Waals surface area contributed by atoms with Crippen molar-refractivity contribution in [2.24, 2.45) is 5.10 Å². The van der Waals surface area contributed by atoms with Crippen molar-refractivity contribution in [3.05, 3.63) is 82.5 Å². The molecule has 1 aliphatic rings. The molecule has 0 N–H and O–H groups in total. The minimum atomic E-state index is -0.658. The Kier molecular flexibility index (Phi) is 6.45. The highest BCUT2D eigenvalue weighted by molar-refractivity contribution is 7.99. The predicted molar refractivity (Wildman–Crippen MR) is 124 cm³/mol. The number of thioether (sulfide) groups is 1. The van der Waals surface area contributed by atoms with E-state index in [0.29, 0.717) is 12.2 Å². The van der Waals surface area contributed by atoms with E-state index in [1.165, 1.54) is 17.1 Å². The Labute approximate surface area is 202 Å². The molecule has 1 aromatic carbocycles. The van der Waals surface area contributed by atoms with E-state index in [-0.39, 0.29) is 34.6 Å². The zero-order valence-electron chi connectivity index (χ0n) is 18.0. The van der Waals surface area contributed by atoms with Gasteiger partial charge in [-0.2, -0.15) is 5.10 Å². The van der Waals surface area contributed by atoms with Gasteiger partial charge in [0.05, 0.1) is 22.6 Å². The molecule has 174 valence electrons. The van der Waals surface area contributed by atoms with Crippen LogP contribution in [0.5, 0.6) is 5.75 Å². The average molecular weight is 499 g/mol. The van der Waals surface area contributed by atoms with E-state index in [2.05, 4.69) is 15.3 Å². The second-order valence-corrected chi connectivity index (χ2v) is 9.26. The summed E-state index contributed by atoms with van der Waals surface area (Å²) in [5, 5.41) is 16.2. The normalized spacial score (nSPS) is 16.5. The number of amides is 1. The van der Waals surface area contributed by atoms with Gasteiger partial charge in [0.2, 0.25) is 0 Å². The molecule has 4 aromatic rings. The maximum Gasteiger partial charge on any atom is 0.277 e. The van der Waals surface area contributed by atoms with Crippen molar-refractivity contribution in [1.29, 1.82) is 0 Å². The van der Waals surface area contributed by atoms with Crippen LogP contribution in [0.25, 0.3) is 0 Å². The molecule has 0 spiro atoms. The van der Waals surface area contributed by atoms with Crippen LogP contribution >= 0.6 is 23.1 Å². The van der Waals surface area contributed by atoms with E-state index in [9.17, 15) is 9.18 Å². The smallest absolute Gasteiger partial charge is 0.277 e. The van der Waals surface area contributed by atoms with E-state index in [1.807, 2.05) is 23.6 Å². The minimum Gasteiger partial charge on any atom is -0.478 e. The fourth-order valence-corrected chi connectivity index (χ4v) is 4.79. The Hall–Kier alpha value is -3.44. The van der Waals surface area contributed by atoms with Crippen molar-refractivity contribution in [3.8, 4) is 5.75 Å². The fourth-order valence-electron chi connectivity index (χ4n) is 3.45. The molecule has 1 amide bonds. The van der Waals surface area contributed by atoms with Crippen LogP contribution in [-0.4, -0.2) is 32.6 Å². The highest BCUT2D eigenvalue weighted by Crippen LogP contribution is 2.35. The molecule has 0 saturated carbocycles. The summed E-state index contributed by atoms with van der Waals surface area (Å²) in [6.07, 6.45) is 1.50. The summed E-state index contributed by atoms with van der Waals surface area (Å²) in [6, 6.07) is 13.3. The Balaban J connectivity index is 1.24. The average Bonchev–Trinajstić information content (AvgIpc) is 3.64. The van der Waals surface area contributed by atoms with E-state index in [4.69, 9.17) is 13.6 Å². The van der Waals surface area contributed by atoms with Gasteiger partial charge in [-0.1, -0.05) is 30.0 Å². The Bertz CT molecular complexity index is 1290. The van der Waals surface area contributed by atoms with Crippen molar-refractivity contribution in [2.45, 2.75) is 30.7 Å². The number of nitrogens with zero attached hydrogens (tertiary/aromatic N) is 4. The van der Waals surface area contributed by atoms with Crippen LogP contribution in [0.15, 0.2) is 79.3 Å². The van der Waals surface area contributed by atoms with Gasteiger partial charge in [-0.3, -0.25) is 4.79 Å². The number of carbonyl (C=O) groups excluding carboxylic acids is 1. The lowest BCUT2D eigenvalue weighted by Gasteiger charge is -2.19. The van der Waals surface area contributed by atoms with Gasteiger partial charge in [0.25, 0.3) is 17.0 Å². The van der Waals surface area contributed by atoms with E-state index in [1.54, 1.807) is 42.7 Å². The zero-order valence-corrected chi connectivity index (χ0v) is 19.6. The maximum absolute atomic E-state index is 13.8. The Morgan fingerprint density at radius 3 is 2.91 bits per heavy atom. The van der Waals surface area contributed by atoms with Gasteiger partial charge in [-0.05, 0) is 42.6 Å². The number of furan rings is 1. The second-order valence-electron chi connectivity index (χ2n) is 7.38. The number of carbonyl (C=O) groups is 1. The Morgan fingerprint density at radius 2 is 2.15 bits per heavy atom. The van der Waals surface area contributed by atoms with Crippen LogP contribution in [-0.2, 0) is 4.79 Å². The van der Waals surface area contributed by atoms with Crippen LogP contribution in [0.2, 0.25) is 0 Å². The summed E-state index contributed by atoms with van der Waals surface area (Å²) in [7, 11) is 0. The third-order valence-electron chi connectivity index (χ3n) is 5.07. The van der Waals surface area contributed by atoms with Crippen LogP contribution < -0.4 is 4.74 Å². The molecule has 0 radical (unpaired) electrons. The minimum absolute atomic E-state index is 0.0443. The maximum atomic E-state index is 13.8. The number of hydrogen-bond acceptors (Lipinski definition) is 9. The summed E-state index contributed by atoms with van der Waals surface area (Å²) in [4.78, 5) is 14.1. The van der Waals surface area contributed by atoms with E-state index >= 15 is 0 Å². The van der Waals surface area contributed by atoms with Crippen LogP contribution in [0.1, 0.15) is 42.0 Å². The van der Waals surface area contributed by atoms with Gasteiger partial charge in [0.15, 0.2) is 17.7 Å². The number of benzene rings is 1. The van der Waals surface area contributed by atoms with Crippen molar-refractivity contribution in [2.75, 3.05) is 5.75 Å². The number of ether oxygens (including phenoxy) is 1. The first kappa shape index (κ1) is 22.4. The van der Waals surface area contributed by atoms with Crippen LogP contribution in [0.3, 0.4) is 0 Å². The van der Waals surface area contributed by atoms with Crippen LogP contribution in [0, 0.1) is 5.82 Å². The lowest BCUT2D eigenvalue weighted by molar-refractivity contribution is -0.130. The first-order chi connectivity index (χ1) is 16.6. The summed E-state index contributed by atoms with van der Waals surface area (Å²) >= 11 is 2.68. The molecular weight excluding hydrogens is 479 g/mol. The molecule has 5 rings (SSSR count). The van der Waals surface area contributed by atoms with Gasteiger partial charge in [0, 0.05) is 6.42 Å². The second kappa shape index (κ2) is 9.82. The lowest BCUT2D eigenvalue weighted by Crippen LogP contribution is -2.28. The van der Waals surface area contributed by atoms with Gasteiger partial charge in [-0.15, -0.1) is 21.5 Å². The molecule has 4 heterocycles. The predicted octanol–water partition coefficient (Wildman–Crippen LogP) is 5.47. The molecule has 8 nitrogen and oxygen atoms in total. The third kappa shape index (κ3) is 4.75. The van der Waals surface area contributed by atoms with Gasteiger partial charge >= 0.3 is 0 Å². The number of para-hydroxylation sites is 1. The number of hydrazone groups is 1. The first-order valence-corrected chi connectivity index (χ1v) is 12.3. The Morgan fingerprint density at radius 1 is 1.26 bits per heavy atom. The standard InChI is InChI=1S/C23H19FN4O4S2/c1-14(31-18-7-3-2-6-15(18)24)22-25-26-23(32-22)34-13-21(29)28-17(19-8-4-10-30-19)12-16(27-28)20-9-5-11-33-20/h2-11,14,17H,12-13H2,1H3/t14-,17-/m0/s1. The number of aromatic nitrogens is 2. The van der Waals surface area contributed by atoms with Gasteiger partial charge < -0.3 is 13.6 Å². The molecule has 0 saturated heterocycles. The van der Waals surface area contributed by atoms with Crippen molar-refractivity contribution in [1.82, 2.24) is 15.2 Å². The number of thiophene rings is 1.